The fraction of sp³-hybridized carbons (Fsp3) is 0.538. The molecular weight excluding hydrogens is 214 g/mol. The number of pyridine rings is 1. The molecule has 17 heavy (non-hydrogen) atoms. The van der Waals surface area contributed by atoms with Crippen LogP contribution in [0.1, 0.15) is 18.0 Å². The molecule has 0 N–H and O–H groups in total. The number of nitriles is 1. The Kier molecular flexibility index (Phi) is 2.49. The van der Waals surface area contributed by atoms with Gasteiger partial charge in [0.05, 0.1) is 12.6 Å². The minimum atomic E-state index is 0.117. The van der Waals surface area contributed by atoms with Gasteiger partial charge in [-0.15, -0.1) is 0 Å². The van der Waals surface area contributed by atoms with Crippen LogP contribution in [0.4, 0.5) is 0 Å². The second-order valence-electron chi connectivity index (χ2n) is 5.05. The molecule has 1 fully saturated rings. The second kappa shape index (κ2) is 4.01. The quantitative estimate of drug-likeness (QED) is 0.669. The van der Waals surface area contributed by atoms with Crippen molar-refractivity contribution in [2.24, 2.45) is 5.92 Å². The molecule has 0 saturated carbocycles. The summed E-state index contributed by atoms with van der Waals surface area (Å²) in [4.78, 5) is 14.0. The Morgan fingerprint density at radius 3 is 3.06 bits per heavy atom. The maximum atomic E-state index is 11.8. The van der Waals surface area contributed by atoms with Gasteiger partial charge in [0, 0.05) is 37.3 Å². The molecule has 2 unspecified atom stereocenters. The number of aromatic nitrogens is 1. The fourth-order valence-corrected chi connectivity index (χ4v) is 3.22. The Hall–Kier alpha value is -1.60. The lowest BCUT2D eigenvalue weighted by atomic mass is 9.83. The molecule has 3 rings (SSSR count). The number of rotatable bonds is 1. The molecule has 4 nitrogen and oxygen atoms in total. The molecule has 1 saturated heterocycles. The van der Waals surface area contributed by atoms with Gasteiger partial charge in [-0.05, 0) is 18.4 Å². The molecule has 1 aromatic heterocycles. The third-order valence-electron chi connectivity index (χ3n) is 3.85. The average molecular weight is 229 g/mol. The molecule has 0 aromatic carbocycles. The lowest BCUT2D eigenvalue weighted by molar-refractivity contribution is 0.133. The molecule has 0 aliphatic carbocycles. The maximum Gasteiger partial charge on any atom is 0.250 e. The minimum absolute atomic E-state index is 0.117. The van der Waals surface area contributed by atoms with Gasteiger partial charge in [0.15, 0.2) is 0 Å². The van der Waals surface area contributed by atoms with Crippen molar-refractivity contribution in [3.05, 3.63) is 34.2 Å². The van der Waals surface area contributed by atoms with E-state index in [2.05, 4.69) is 17.0 Å². The lowest BCUT2D eigenvalue weighted by Crippen LogP contribution is -2.47. The molecule has 2 aliphatic heterocycles. The van der Waals surface area contributed by atoms with Gasteiger partial charge in [0.1, 0.15) is 0 Å². The molecule has 4 heteroatoms. The molecule has 1 aromatic rings. The van der Waals surface area contributed by atoms with Gasteiger partial charge >= 0.3 is 0 Å². The smallest absolute Gasteiger partial charge is 0.250 e. The highest BCUT2D eigenvalue weighted by Gasteiger charge is 2.34. The first-order valence-electron chi connectivity index (χ1n) is 6.07. The number of hydrogen-bond acceptors (Lipinski definition) is 3. The highest BCUT2D eigenvalue weighted by Crippen LogP contribution is 2.34. The van der Waals surface area contributed by atoms with Crippen LogP contribution in [-0.4, -0.2) is 29.1 Å². The summed E-state index contributed by atoms with van der Waals surface area (Å²) in [6.45, 7) is 3.18. The van der Waals surface area contributed by atoms with E-state index in [4.69, 9.17) is 5.26 Å². The number of hydrogen-bond donors (Lipinski definition) is 0. The molecule has 2 aliphatic rings. The van der Waals surface area contributed by atoms with Crippen LogP contribution in [0.15, 0.2) is 23.0 Å². The topological polar surface area (TPSA) is 49.0 Å². The molecule has 88 valence electrons. The first-order valence-corrected chi connectivity index (χ1v) is 6.07. The van der Waals surface area contributed by atoms with Crippen LogP contribution in [0.2, 0.25) is 0 Å². The Labute approximate surface area is 100 Å². The van der Waals surface area contributed by atoms with Crippen LogP contribution in [0, 0.1) is 17.2 Å². The van der Waals surface area contributed by atoms with Crippen LogP contribution in [0.5, 0.6) is 0 Å². The van der Waals surface area contributed by atoms with Crippen LogP contribution in [-0.2, 0) is 6.54 Å². The summed E-state index contributed by atoms with van der Waals surface area (Å²) in [6.07, 6.45) is 1.16. The highest BCUT2D eigenvalue weighted by molar-refractivity contribution is 5.17. The van der Waals surface area contributed by atoms with Crippen molar-refractivity contribution < 1.29 is 0 Å². The molecule has 2 atom stereocenters. The predicted octanol–water partition coefficient (Wildman–Crippen LogP) is 0.791. The van der Waals surface area contributed by atoms with E-state index in [1.807, 2.05) is 10.6 Å². The number of likely N-dealkylation sites (tertiary alicyclic amines) is 1. The summed E-state index contributed by atoms with van der Waals surface area (Å²) < 4.78 is 1.92. The molecular formula is C13H15N3O. The van der Waals surface area contributed by atoms with Crippen molar-refractivity contribution in [3.8, 4) is 6.07 Å². The first-order chi connectivity index (χ1) is 8.28. The predicted molar refractivity (Wildman–Crippen MR) is 63.6 cm³/mol. The van der Waals surface area contributed by atoms with Crippen molar-refractivity contribution in [2.45, 2.75) is 18.9 Å². The summed E-state index contributed by atoms with van der Waals surface area (Å²) in [5.41, 5.74) is 1.27. The molecule has 2 bridgehead atoms. The van der Waals surface area contributed by atoms with E-state index in [0.717, 1.165) is 31.7 Å². The summed E-state index contributed by atoms with van der Waals surface area (Å²) >= 11 is 0. The Morgan fingerprint density at radius 1 is 1.35 bits per heavy atom. The maximum absolute atomic E-state index is 11.8. The third-order valence-corrected chi connectivity index (χ3v) is 3.85. The Balaban J connectivity index is 1.96. The summed E-state index contributed by atoms with van der Waals surface area (Å²) in [7, 11) is 0. The zero-order valence-electron chi connectivity index (χ0n) is 9.67. The summed E-state index contributed by atoms with van der Waals surface area (Å²) in [5.74, 6) is 0.944. The van der Waals surface area contributed by atoms with Gasteiger partial charge in [0.2, 0.25) is 0 Å². The molecule has 0 amide bonds. The van der Waals surface area contributed by atoms with E-state index in [-0.39, 0.29) is 5.56 Å². The molecule has 0 spiro atoms. The van der Waals surface area contributed by atoms with E-state index < -0.39 is 0 Å². The van der Waals surface area contributed by atoms with E-state index >= 15 is 0 Å². The summed E-state index contributed by atoms with van der Waals surface area (Å²) in [6, 6.07) is 7.75. The SMILES string of the molecule is N#CCN1CC2CC(C1)c1cccc(=O)n1C2. The monoisotopic (exact) mass is 229 g/mol. The van der Waals surface area contributed by atoms with Crippen LogP contribution in [0.25, 0.3) is 0 Å². The summed E-state index contributed by atoms with van der Waals surface area (Å²) in [5, 5.41) is 8.77. The zero-order chi connectivity index (χ0) is 11.8. The van der Waals surface area contributed by atoms with Gasteiger partial charge < -0.3 is 4.57 Å². The Bertz CT molecular complexity index is 528. The Morgan fingerprint density at radius 2 is 2.24 bits per heavy atom. The third kappa shape index (κ3) is 1.77. The minimum Gasteiger partial charge on any atom is -0.312 e. The second-order valence-corrected chi connectivity index (χ2v) is 5.05. The van der Waals surface area contributed by atoms with E-state index in [0.29, 0.717) is 18.4 Å². The van der Waals surface area contributed by atoms with Crippen molar-refractivity contribution in [2.75, 3.05) is 19.6 Å². The largest absolute Gasteiger partial charge is 0.312 e. The van der Waals surface area contributed by atoms with Gasteiger partial charge in [-0.3, -0.25) is 9.69 Å². The molecule has 0 radical (unpaired) electrons. The number of piperidine rings is 1. The highest BCUT2D eigenvalue weighted by atomic mass is 16.1. The zero-order valence-corrected chi connectivity index (χ0v) is 9.67. The van der Waals surface area contributed by atoms with Crippen molar-refractivity contribution in [1.82, 2.24) is 9.47 Å². The number of fused-ring (bicyclic) bond motifs is 4. The fourth-order valence-electron chi connectivity index (χ4n) is 3.22. The van der Waals surface area contributed by atoms with Gasteiger partial charge in [0.25, 0.3) is 5.56 Å². The van der Waals surface area contributed by atoms with Gasteiger partial charge in [-0.25, -0.2) is 0 Å². The van der Waals surface area contributed by atoms with E-state index in [9.17, 15) is 4.79 Å². The van der Waals surface area contributed by atoms with Gasteiger partial charge in [-0.2, -0.15) is 5.26 Å². The van der Waals surface area contributed by atoms with Crippen molar-refractivity contribution >= 4 is 0 Å². The van der Waals surface area contributed by atoms with Crippen LogP contribution >= 0.6 is 0 Å². The van der Waals surface area contributed by atoms with Gasteiger partial charge in [-0.1, -0.05) is 6.07 Å². The van der Waals surface area contributed by atoms with E-state index in [1.165, 1.54) is 0 Å². The number of nitrogens with zero attached hydrogens (tertiary/aromatic N) is 3. The average Bonchev–Trinajstić information content (AvgIpc) is 2.31. The van der Waals surface area contributed by atoms with Crippen LogP contribution in [0.3, 0.4) is 0 Å². The first kappa shape index (κ1) is 10.5. The van der Waals surface area contributed by atoms with Crippen molar-refractivity contribution in [1.29, 1.82) is 5.26 Å². The molecule has 3 heterocycles. The lowest BCUT2D eigenvalue weighted by Gasteiger charge is -2.41. The van der Waals surface area contributed by atoms with Crippen LogP contribution < -0.4 is 5.56 Å². The standard InChI is InChI=1S/C13H15N3O/c14-4-5-15-7-10-6-11(9-15)12-2-1-3-13(17)16(12)8-10/h1-3,10-11H,5-9H2. The van der Waals surface area contributed by atoms with Crippen molar-refractivity contribution in [3.63, 3.8) is 0 Å². The van der Waals surface area contributed by atoms with E-state index in [1.54, 1.807) is 6.07 Å². The normalized spacial score (nSPS) is 27.2.